The van der Waals surface area contributed by atoms with E-state index in [0.29, 0.717) is 27.6 Å². The summed E-state index contributed by atoms with van der Waals surface area (Å²) in [6.45, 7) is 9.10. The minimum atomic E-state index is -1.32. The van der Waals surface area contributed by atoms with Gasteiger partial charge in [-0.2, -0.15) is 0 Å². The lowest BCUT2D eigenvalue weighted by Crippen LogP contribution is -2.34. The number of hydrogen-bond donors (Lipinski definition) is 2. The Hall–Kier alpha value is -1.70. The normalized spacial score (nSPS) is 14.3. The van der Waals surface area contributed by atoms with E-state index in [-0.39, 0.29) is 5.56 Å². The summed E-state index contributed by atoms with van der Waals surface area (Å²) in [5.74, 6) is -0.664. The summed E-state index contributed by atoms with van der Waals surface area (Å²) in [6, 6.07) is 4.21. The Kier molecular flexibility index (Phi) is 5.71. The van der Waals surface area contributed by atoms with E-state index in [4.69, 9.17) is 16.1 Å². The van der Waals surface area contributed by atoms with Gasteiger partial charge in [0.2, 0.25) is 0 Å². The Labute approximate surface area is 154 Å². The van der Waals surface area contributed by atoms with E-state index < -0.39 is 27.7 Å². The molecule has 1 heterocycles. The van der Waals surface area contributed by atoms with Gasteiger partial charge in [0.05, 0.1) is 38.6 Å². The molecule has 0 aliphatic carbocycles. The molecule has 0 spiro atoms. The number of carbonyl (C=O) groups is 1. The van der Waals surface area contributed by atoms with Gasteiger partial charge in [0.15, 0.2) is 5.76 Å². The van der Waals surface area contributed by atoms with E-state index in [9.17, 15) is 14.1 Å². The van der Waals surface area contributed by atoms with Crippen LogP contribution in [0.15, 0.2) is 22.7 Å². The van der Waals surface area contributed by atoms with Crippen molar-refractivity contribution in [2.75, 3.05) is 0 Å². The molecule has 0 fully saturated rings. The predicted molar refractivity (Wildman–Crippen MR) is 98.1 cm³/mol. The van der Waals surface area contributed by atoms with Crippen LogP contribution >= 0.6 is 11.6 Å². The summed E-state index contributed by atoms with van der Waals surface area (Å²) in [5.41, 5.74) is 1.64. The Morgan fingerprint density at radius 1 is 1.40 bits per heavy atom. The number of benzene rings is 1. The standard InChI is InChI=1S/C17H21ClN2O4S/c1-9-14(12-7-6-11(18)8-13(12)16(21)22)15(24-19-9)10(2)20-25(23)17(3,4)5/h6-8,10,20H,1-5H3,(H,21,22)/t10-,25-/m0/s1. The molecule has 0 bridgehead atoms. The third kappa shape index (κ3) is 4.29. The Bertz CT molecular complexity index is 827. The summed E-state index contributed by atoms with van der Waals surface area (Å²) in [5, 5.41) is 13.8. The molecule has 25 heavy (non-hydrogen) atoms. The van der Waals surface area contributed by atoms with Gasteiger partial charge in [0.25, 0.3) is 0 Å². The highest BCUT2D eigenvalue weighted by molar-refractivity contribution is 7.84. The summed E-state index contributed by atoms with van der Waals surface area (Å²) >= 11 is 5.93. The second-order valence-corrected chi connectivity index (χ2v) is 9.16. The number of nitrogens with one attached hydrogen (secondary N) is 1. The summed E-state index contributed by atoms with van der Waals surface area (Å²) in [7, 11) is -1.32. The molecule has 0 saturated heterocycles. The van der Waals surface area contributed by atoms with Gasteiger partial charge in [-0.25, -0.2) is 13.7 Å². The number of halogens is 1. The highest BCUT2D eigenvalue weighted by Crippen LogP contribution is 2.35. The molecule has 2 rings (SSSR count). The molecule has 6 nitrogen and oxygen atoms in total. The molecular formula is C17H21ClN2O4S. The zero-order chi connectivity index (χ0) is 18.9. The van der Waals surface area contributed by atoms with Gasteiger partial charge < -0.3 is 9.63 Å². The largest absolute Gasteiger partial charge is 0.478 e. The lowest BCUT2D eigenvalue weighted by atomic mass is 9.96. The fraction of sp³-hybridized carbons (Fsp3) is 0.412. The Morgan fingerprint density at radius 2 is 2.04 bits per heavy atom. The van der Waals surface area contributed by atoms with Crippen LogP contribution in [0.4, 0.5) is 0 Å². The molecule has 2 atom stereocenters. The molecule has 0 aliphatic heterocycles. The molecule has 1 aromatic heterocycles. The maximum absolute atomic E-state index is 12.3. The molecule has 0 amide bonds. The van der Waals surface area contributed by atoms with E-state index in [0.717, 1.165) is 0 Å². The van der Waals surface area contributed by atoms with Gasteiger partial charge in [0.1, 0.15) is 0 Å². The van der Waals surface area contributed by atoms with Crippen molar-refractivity contribution in [1.29, 1.82) is 0 Å². The van der Waals surface area contributed by atoms with Gasteiger partial charge in [-0.3, -0.25) is 0 Å². The summed E-state index contributed by atoms with van der Waals surface area (Å²) in [6.07, 6.45) is 0. The topological polar surface area (TPSA) is 92.4 Å². The molecule has 2 aromatic rings. The van der Waals surface area contributed by atoms with E-state index in [1.165, 1.54) is 6.07 Å². The first kappa shape index (κ1) is 19.6. The monoisotopic (exact) mass is 384 g/mol. The van der Waals surface area contributed by atoms with Crippen molar-refractivity contribution in [3.8, 4) is 11.1 Å². The van der Waals surface area contributed by atoms with Crippen LogP contribution in [0.5, 0.6) is 0 Å². The molecule has 0 saturated carbocycles. The van der Waals surface area contributed by atoms with Crippen LogP contribution in [0, 0.1) is 6.92 Å². The number of nitrogens with zero attached hydrogens (tertiary/aromatic N) is 1. The Balaban J connectivity index is 2.51. The van der Waals surface area contributed by atoms with Crippen LogP contribution in [0.25, 0.3) is 11.1 Å². The third-order valence-corrected chi connectivity index (χ3v) is 5.52. The van der Waals surface area contributed by atoms with Crippen molar-refractivity contribution >= 4 is 28.6 Å². The SMILES string of the molecule is Cc1noc([C@H](C)N[S@@](=O)C(C)(C)C)c1-c1ccc(Cl)cc1C(=O)O. The highest BCUT2D eigenvalue weighted by atomic mass is 35.5. The zero-order valence-electron chi connectivity index (χ0n) is 14.7. The maximum atomic E-state index is 12.3. The molecule has 0 aliphatic rings. The van der Waals surface area contributed by atoms with E-state index in [2.05, 4.69) is 9.88 Å². The number of aromatic nitrogens is 1. The number of rotatable bonds is 5. The summed E-state index contributed by atoms with van der Waals surface area (Å²) in [4.78, 5) is 11.6. The number of aromatic carboxylic acids is 1. The van der Waals surface area contributed by atoms with Crippen LogP contribution in [0.1, 0.15) is 55.5 Å². The molecule has 8 heteroatoms. The van der Waals surface area contributed by atoms with Crippen molar-refractivity contribution in [3.05, 3.63) is 40.2 Å². The van der Waals surface area contributed by atoms with Crippen molar-refractivity contribution in [1.82, 2.24) is 9.88 Å². The average Bonchev–Trinajstić information content (AvgIpc) is 2.87. The van der Waals surface area contributed by atoms with Gasteiger partial charge in [-0.05, 0) is 46.8 Å². The van der Waals surface area contributed by atoms with Crippen molar-refractivity contribution in [2.45, 2.75) is 45.4 Å². The molecule has 136 valence electrons. The summed E-state index contributed by atoms with van der Waals surface area (Å²) < 4.78 is 20.3. The number of hydrogen-bond acceptors (Lipinski definition) is 4. The van der Waals surface area contributed by atoms with Gasteiger partial charge in [-0.15, -0.1) is 0 Å². The van der Waals surface area contributed by atoms with Crippen molar-refractivity contribution in [3.63, 3.8) is 0 Å². The second-order valence-electron chi connectivity index (χ2n) is 6.72. The molecule has 0 radical (unpaired) electrons. The molecule has 0 unspecified atom stereocenters. The molecule has 1 aromatic carbocycles. The third-order valence-electron chi connectivity index (χ3n) is 3.60. The van der Waals surface area contributed by atoms with Crippen LogP contribution in [0.3, 0.4) is 0 Å². The van der Waals surface area contributed by atoms with Crippen molar-refractivity contribution in [2.24, 2.45) is 0 Å². The quantitative estimate of drug-likeness (QED) is 0.809. The lowest BCUT2D eigenvalue weighted by Gasteiger charge is -2.21. The number of carboxylic acid groups (broad SMARTS) is 1. The van der Waals surface area contributed by atoms with Crippen LogP contribution < -0.4 is 4.72 Å². The predicted octanol–water partition coefficient (Wildman–Crippen LogP) is 4.11. The lowest BCUT2D eigenvalue weighted by molar-refractivity contribution is 0.0697. The van der Waals surface area contributed by atoms with Gasteiger partial charge in [-0.1, -0.05) is 22.8 Å². The fourth-order valence-electron chi connectivity index (χ4n) is 2.31. The Morgan fingerprint density at radius 3 is 2.60 bits per heavy atom. The van der Waals surface area contributed by atoms with Gasteiger partial charge in [0, 0.05) is 10.6 Å². The van der Waals surface area contributed by atoms with Crippen LogP contribution in [0.2, 0.25) is 5.02 Å². The maximum Gasteiger partial charge on any atom is 0.336 e. The molecular weight excluding hydrogens is 364 g/mol. The fourth-order valence-corrected chi connectivity index (χ4v) is 3.27. The van der Waals surface area contributed by atoms with Crippen LogP contribution in [-0.2, 0) is 11.0 Å². The smallest absolute Gasteiger partial charge is 0.336 e. The average molecular weight is 385 g/mol. The van der Waals surface area contributed by atoms with Crippen molar-refractivity contribution < 1.29 is 18.6 Å². The highest BCUT2D eigenvalue weighted by Gasteiger charge is 2.28. The number of aryl methyl sites for hydroxylation is 1. The van der Waals surface area contributed by atoms with E-state index >= 15 is 0 Å². The first-order chi connectivity index (χ1) is 11.5. The van der Waals surface area contributed by atoms with Gasteiger partial charge >= 0.3 is 5.97 Å². The number of carboxylic acids is 1. The minimum Gasteiger partial charge on any atom is -0.478 e. The minimum absolute atomic E-state index is 0.0594. The molecule has 2 N–H and O–H groups in total. The van der Waals surface area contributed by atoms with E-state index in [1.807, 2.05) is 20.8 Å². The first-order valence-electron chi connectivity index (χ1n) is 7.69. The van der Waals surface area contributed by atoms with Crippen LogP contribution in [-0.4, -0.2) is 25.2 Å². The zero-order valence-corrected chi connectivity index (χ0v) is 16.3. The second kappa shape index (κ2) is 7.27. The van der Waals surface area contributed by atoms with E-state index in [1.54, 1.807) is 26.0 Å². The first-order valence-corrected chi connectivity index (χ1v) is 9.22.